The Morgan fingerprint density at radius 3 is 2.52 bits per heavy atom. The molecular weight excluding hydrogens is 418 g/mol. The number of aliphatic imine (C=N–C) groups is 1. The van der Waals surface area contributed by atoms with Crippen LogP contribution in [-0.4, -0.2) is 23.4 Å². The summed E-state index contributed by atoms with van der Waals surface area (Å²) in [5.41, 5.74) is 10.0. The van der Waals surface area contributed by atoms with Gasteiger partial charge in [0, 0.05) is 37.8 Å². The van der Waals surface area contributed by atoms with Gasteiger partial charge in [0.25, 0.3) is 5.69 Å². The SMILES string of the molecule is CC1Oc2ccc(C(CNCc3ccc([N+](=O)[O-])cc3)NCc3ccccc3)cc2N=C1N. The Kier molecular flexibility index (Phi) is 6.97. The van der Waals surface area contributed by atoms with E-state index >= 15 is 0 Å². The molecule has 0 radical (unpaired) electrons. The van der Waals surface area contributed by atoms with Crippen LogP contribution < -0.4 is 21.1 Å². The molecule has 0 saturated heterocycles. The van der Waals surface area contributed by atoms with E-state index in [4.69, 9.17) is 10.5 Å². The molecule has 8 nitrogen and oxygen atoms in total. The highest BCUT2D eigenvalue weighted by molar-refractivity contribution is 5.89. The summed E-state index contributed by atoms with van der Waals surface area (Å²) >= 11 is 0. The number of nitro benzene ring substituents is 1. The molecule has 3 aromatic carbocycles. The van der Waals surface area contributed by atoms with Crippen molar-refractivity contribution in [1.82, 2.24) is 10.6 Å². The first-order valence-corrected chi connectivity index (χ1v) is 10.9. The normalized spacial score (nSPS) is 15.8. The molecular formula is C25H27N5O3. The number of nitro groups is 1. The fourth-order valence-electron chi connectivity index (χ4n) is 3.66. The van der Waals surface area contributed by atoms with Gasteiger partial charge >= 0.3 is 0 Å². The molecule has 0 aliphatic carbocycles. The van der Waals surface area contributed by atoms with E-state index < -0.39 is 4.92 Å². The van der Waals surface area contributed by atoms with Gasteiger partial charge in [-0.2, -0.15) is 0 Å². The van der Waals surface area contributed by atoms with Crippen molar-refractivity contribution in [2.75, 3.05) is 6.54 Å². The van der Waals surface area contributed by atoms with E-state index in [1.165, 1.54) is 17.7 Å². The topological polar surface area (TPSA) is 115 Å². The fraction of sp³-hybridized carbons (Fsp3) is 0.240. The third-order valence-corrected chi connectivity index (χ3v) is 5.58. The maximum Gasteiger partial charge on any atom is 0.269 e. The maximum absolute atomic E-state index is 10.9. The summed E-state index contributed by atoms with van der Waals surface area (Å²) in [6, 6.07) is 22.8. The van der Waals surface area contributed by atoms with E-state index in [1.807, 2.05) is 43.3 Å². The number of nitrogens with zero attached hydrogens (tertiary/aromatic N) is 2. The summed E-state index contributed by atoms with van der Waals surface area (Å²) in [5, 5.41) is 17.9. The van der Waals surface area contributed by atoms with E-state index in [9.17, 15) is 10.1 Å². The molecule has 33 heavy (non-hydrogen) atoms. The Hall–Kier alpha value is -3.75. The van der Waals surface area contributed by atoms with E-state index in [-0.39, 0.29) is 17.8 Å². The third kappa shape index (κ3) is 5.74. The summed E-state index contributed by atoms with van der Waals surface area (Å²) in [6.07, 6.45) is -0.237. The van der Waals surface area contributed by atoms with Gasteiger partial charge in [-0.3, -0.25) is 10.1 Å². The smallest absolute Gasteiger partial charge is 0.269 e. The monoisotopic (exact) mass is 445 g/mol. The van der Waals surface area contributed by atoms with Gasteiger partial charge in [0.05, 0.1) is 4.92 Å². The number of hydrogen-bond acceptors (Lipinski definition) is 7. The summed E-state index contributed by atoms with van der Waals surface area (Å²) in [5.74, 6) is 1.19. The molecule has 4 N–H and O–H groups in total. The first-order valence-electron chi connectivity index (χ1n) is 10.9. The second-order valence-electron chi connectivity index (χ2n) is 8.00. The molecule has 0 spiro atoms. The highest BCUT2D eigenvalue weighted by Crippen LogP contribution is 2.34. The van der Waals surface area contributed by atoms with Crippen molar-refractivity contribution in [2.45, 2.75) is 32.2 Å². The molecule has 2 atom stereocenters. The predicted molar refractivity (Wildman–Crippen MR) is 129 cm³/mol. The van der Waals surface area contributed by atoms with Gasteiger partial charge in [-0.1, -0.05) is 48.5 Å². The van der Waals surface area contributed by atoms with E-state index in [1.54, 1.807) is 12.1 Å². The number of ether oxygens (including phenoxy) is 1. The van der Waals surface area contributed by atoms with Crippen molar-refractivity contribution >= 4 is 17.2 Å². The number of nitrogens with one attached hydrogen (secondary N) is 2. The molecule has 1 heterocycles. The fourth-order valence-corrected chi connectivity index (χ4v) is 3.66. The van der Waals surface area contributed by atoms with Gasteiger partial charge in [-0.05, 0) is 35.7 Å². The van der Waals surface area contributed by atoms with Crippen LogP contribution in [0, 0.1) is 10.1 Å². The van der Waals surface area contributed by atoms with Gasteiger partial charge in [-0.15, -0.1) is 0 Å². The quantitative estimate of drug-likeness (QED) is 0.339. The Bertz CT molecular complexity index is 1130. The van der Waals surface area contributed by atoms with Crippen molar-refractivity contribution in [3.63, 3.8) is 0 Å². The Morgan fingerprint density at radius 2 is 1.79 bits per heavy atom. The van der Waals surface area contributed by atoms with Crippen LogP contribution in [0.3, 0.4) is 0 Å². The lowest BCUT2D eigenvalue weighted by atomic mass is 10.0. The standard InChI is InChI=1S/C25H27N5O3/c1-17-25(26)29-22-13-20(9-12-24(22)33-17)23(28-15-18-5-3-2-4-6-18)16-27-14-19-7-10-21(11-8-19)30(31)32/h2-13,17,23,27-28H,14-16H2,1H3,(H2,26,29). The summed E-state index contributed by atoms with van der Waals surface area (Å²) in [7, 11) is 0. The minimum Gasteiger partial charge on any atom is -0.481 e. The number of benzene rings is 3. The highest BCUT2D eigenvalue weighted by atomic mass is 16.6. The highest BCUT2D eigenvalue weighted by Gasteiger charge is 2.20. The summed E-state index contributed by atoms with van der Waals surface area (Å²) in [4.78, 5) is 15.0. The molecule has 0 bridgehead atoms. The zero-order chi connectivity index (χ0) is 23.2. The zero-order valence-corrected chi connectivity index (χ0v) is 18.4. The lowest BCUT2D eigenvalue weighted by Gasteiger charge is -2.24. The lowest BCUT2D eigenvalue weighted by Crippen LogP contribution is -2.33. The van der Waals surface area contributed by atoms with Crippen molar-refractivity contribution < 1.29 is 9.66 Å². The Balaban J connectivity index is 1.47. The average molecular weight is 446 g/mol. The molecule has 0 aromatic heterocycles. The minimum absolute atomic E-state index is 0.00401. The van der Waals surface area contributed by atoms with Crippen molar-refractivity contribution in [2.24, 2.45) is 10.7 Å². The largest absolute Gasteiger partial charge is 0.481 e. The molecule has 1 aliphatic rings. The summed E-state index contributed by atoms with van der Waals surface area (Å²) in [6.45, 7) is 3.83. The molecule has 0 fully saturated rings. The van der Waals surface area contributed by atoms with Crippen LogP contribution in [0.1, 0.15) is 29.7 Å². The van der Waals surface area contributed by atoms with Gasteiger partial charge in [0.15, 0.2) is 6.10 Å². The van der Waals surface area contributed by atoms with Crippen LogP contribution in [-0.2, 0) is 13.1 Å². The second kappa shape index (κ2) is 10.2. The molecule has 0 saturated carbocycles. The molecule has 2 unspecified atom stereocenters. The van der Waals surface area contributed by atoms with Gasteiger partial charge in [-0.25, -0.2) is 4.99 Å². The van der Waals surface area contributed by atoms with Crippen molar-refractivity contribution in [3.05, 3.63) is 99.6 Å². The van der Waals surface area contributed by atoms with Crippen LogP contribution >= 0.6 is 0 Å². The van der Waals surface area contributed by atoms with Gasteiger partial charge in [0.1, 0.15) is 17.3 Å². The number of amidine groups is 1. The van der Waals surface area contributed by atoms with Crippen LogP contribution in [0.25, 0.3) is 0 Å². The Labute approximate surface area is 192 Å². The average Bonchev–Trinajstić information content (AvgIpc) is 2.83. The zero-order valence-electron chi connectivity index (χ0n) is 18.4. The number of hydrogen-bond donors (Lipinski definition) is 3. The van der Waals surface area contributed by atoms with Crippen LogP contribution in [0.15, 0.2) is 77.8 Å². The van der Waals surface area contributed by atoms with Crippen LogP contribution in [0.4, 0.5) is 11.4 Å². The number of fused-ring (bicyclic) bond motifs is 1. The van der Waals surface area contributed by atoms with E-state index in [0.29, 0.717) is 25.5 Å². The third-order valence-electron chi connectivity index (χ3n) is 5.58. The van der Waals surface area contributed by atoms with Gasteiger partial charge < -0.3 is 21.1 Å². The van der Waals surface area contributed by atoms with Crippen molar-refractivity contribution in [3.8, 4) is 5.75 Å². The molecule has 0 amide bonds. The van der Waals surface area contributed by atoms with Gasteiger partial charge in [0.2, 0.25) is 0 Å². The van der Waals surface area contributed by atoms with Crippen LogP contribution in [0.2, 0.25) is 0 Å². The van der Waals surface area contributed by atoms with E-state index in [2.05, 4.69) is 27.8 Å². The maximum atomic E-state index is 10.9. The number of non-ortho nitro benzene ring substituents is 1. The Morgan fingerprint density at radius 1 is 1.06 bits per heavy atom. The molecule has 3 aromatic rings. The number of nitrogens with two attached hydrogens (primary N) is 1. The van der Waals surface area contributed by atoms with Crippen molar-refractivity contribution in [1.29, 1.82) is 0 Å². The van der Waals surface area contributed by atoms with E-state index in [0.717, 1.165) is 22.6 Å². The minimum atomic E-state index is -0.392. The second-order valence-corrected chi connectivity index (χ2v) is 8.00. The molecule has 1 aliphatic heterocycles. The molecule has 4 rings (SSSR count). The number of rotatable bonds is 9. The summed E-state index contributed by atoms with van der Waals surface area (Å²) < 4.78 is 5.83. The molecule has 8 heteroatoms. The molecule has 170 valence electrons. The predicted octanol–water partition coefficient (Wildman–Crippen LogP) is 3.99. The lowest BCUT2D eigenvalue weighted by molar-refractivity contribution is -0.384. The first-order chi connectivity index (χ1) is 16.0. The van der Waals surface area contributed by atoms with Crippen LogP contribution in [0.5, 0.6) is 5.75 Å². The first kappa shape index (κ1) is 22.4.